The third kappa shape index (κ3) is 21.6. The van der Waals surface area contributed by atoms with Gasteiger partial charge < -0.3 is 25.2 Å². The molecule has 1 aliphatic rings. The molecule has 0 atom stereocenters. The highest BCUT2D eigenvalue weighted by molar-refractivity contribution is 5.80. The van der Waals surface area contributed by atoms with Crippen LogP contribution in [0.25, 0.3) is 12.2 Å². The number of benzene rings is 2. The van der Waals surface area contributed by atoms with Gasteiger partial charge in [0, 0.05) is 70.9 Å². The van der Waals surface area contributed by atoms with Crippen LogP contribution < -0.4 is 15.5 Å². The van der Waals surface area contributed by atoms with Crippen molar-refractivity contribution in [3.63, 3.8) is 0 Å². The zero-order chi connectivity index (χ0) is 38.5. The minimum atomic E-state index is -0.0961. The van der Waals surface area contributed by atoms with Crippen molar-refractivity contribution in [1.82, 2.24) is 15.5 Å². The van der Waals surface area contributed by atoms with Crippen molar-refractivity contribution in [1.29, 1.82) is 0 Å². The fourth-order valence-corrected chi connectivity index (χ4v) is 5.53. The van der Waals surface area contributed by atoms with Gasteiger partial charge >= 0.3 is 0 Å². The average Bonchev–Trinajstić information content (AvgIpc) is 3.12. The molecule has 0 saturated heterocycles. The minimum absolute atomic E-state index is 0.0247. The number of aldehydes is 1. The number of hydrogen-bond acceptors (Lipinski definition) is 5. The molecule has 7 heteroatoms. The molecule has 0 bridgehead atoms. The molecule has 284 valence electrons. The van der Waals surface area contributed by atoms with Gasteiger partial charge in [-0.15, -0.1) is 6.58 Å². The Morgan fingerprint density at radius 1 is 0.882 bits per heavy atom. The second-order valence-electron chi connectivity index (χ2n) is 13.4. The molecular formula is C44H70N4O3. The van der Waals surface area contributed by atoms with E-state index in [4.69, 9.17) is 0 Å². The fourth-order valence-electron chi connectivity index (χ4n) is 5.53. The third-order valence-electron chi connectivity index (χ3n) is 8.38. The fraction of sp³-hybridized carbons (Fsp3) is 0.523. The van der Waals surface area contributed by atoms with Crippen molar-refractivity contribution < 1.29 is 14.4 Å². The number of anilines is 1. The van der Waals surface area contributed by atoms with E-state index in [2.05, 4.69) is 124 Å². The number of carbonyl (C=O) groups excluding carboxylic acids is 3. The SMILES string of the molecule is C=CCCNC(=C)CCC.CC.CCCC(C)(C)CCCNC(=O)CCN(C)C(=O)CCC=O.CN1Cc2ccccc2/C=C\c2ccccc21. The lowest BCUT2D eigenvalue weighted by Crippen LogP contribution is -2.33. The molecule has 1 heterocycles. The molecule has 0 spiro atoms. The summed E-state index contributed by atoms with van der Waals surface area (Å²) in [6, 6.07) is 17.1. The van der Waals surface area contributed by atoms with Gasteiger partial charge in [0.05, 0.1) is 0 Å². The Bertz CT molecular complexity index is 1320. The second-order valence-corrected chi connectivity index (χ2v) is 13.4. The summed E-state index contributed by atoms with van der Waals surface area (Å²) in [6.07, 6.45) is 15.5. The van der Waals surface area contributed by atoms with Crippen molar-refractivity contribution in [2.45, 2.75) is 112 Å². The maximum absolute atomic E-state index is 11.7. The highest BCUT2D eigenvalue weighted by Gasteiger charge is 2.16. The van der Waals surface area contributed by atoms with Crippen LogP contribution in [0.2, 0.25) is 0 Å². The average molecular weight is 703 g/mol. The molecular weight excluding hydrogens is 633 g/mol. The lowest BCUT2D eigenvalue weighted by Gasteiger charge is -2.24. The maximum Gasteiger partial charge on any atom is 0.222 e. The summed E-state index contributed by atoms with van der Waals surface area (Å²) in [5.41, 5.74) is 6.74. The lowest BCUT2D eigenvalue weighted by molar-refractivity contribution is -0.131. The molecule has 0 aromatic heterocycles. The van der Waals surface area contributed by atoms with E-state index in [0.717, 1.165) is 50.8 Å². The van der Waals surface area contributed by atoms with Gasteiger partial charge in [0.15, 0.2) is 0 Å². The summed E-state index contributed by atoms with van der Waals surface area (Å²) in [6.45, 7) is 23.4. The van der Waals surface area contributed by atoms with Gasteiger partial charge in [-0.25, -0.2) is 0 Å². The zero-order valence-electron chi connectivity index (χ0n) is 33.4. The summed E-state index contributed by atoms with van der Waals surface area (Å²) in [4.78, 5) is 37.3. The van der Waals surface area contributed by atoms with E-state index >= 15 is 0 Å². The van der Waals surface area contributed by atoms with Gasteiger partial charge in [-0.1, -0.05) is 122 Å². The number of para-hydroxylation sites is 1. The Morgan fingerprint density at radius 3 is 2.18 bits per heavy atom. The van der Waals surface area contributed by atoms with Gasteiger partial charge in [-0.2, -0.15) is 0 Å². The van der Waals surface area contributed by atoms with E-state index in [1.54, 1.807) is 7.05 Å². The third-order valence-corrected chi connectivity index (χ3v) is 8.38. The van der Waals surface area contributed by atoms with Crippen molar-refractivity contribution in [3.05, 3.63) is 90.2 Å². The van der Waals surface area contributed by atoms with Crippen molar-refractivity contribution in [2.75, 3.05) is 38.6 Å². The Labute approximate surface area is 311 Å². The first kappa shape index (κ1) is 46.9. The number of carbonyl (C=O) groups is 3. The van der Waals surface area contributed by atoms with Crippen LogP contribution in [-0.2, 0) is 20.9 Å². The van der Waals surface area contributed by atoms with Gasteiger partial charge in [-0.05, 0) is 60.3 Å². The molecule has 2 aromatic rings. The second kappa shape index (κ2) is 28.6. The van der Waals surface area contributed by atoms with Crippen LogP contribution >= 0.6 is 0 Å². The van der Waals surface area contributed by atoms with Crippen LogP contribution in [0.4, 0.5) is 5.69 Å². The Morgan fingerprint density at radius 2 is 1.53 bits per heavy atom. The monoisotopic (exact) mass is 703 g/mol. The number of rotatable bonds is 18. The molecule has 0 fully saturated rings. The molecule has 1 aliphatic heterocycles. The Kier molecular flexibility index (Phi) is 26.2. The van der Waals surface area contributed by atoms with Gasteiger partial charge in [0.2, 0.25) is 11.8 Å². The molecule has 0 radical (unpaired) electrons. The molecule has 7 nitrogen and oxygen atoms in total. The number of allylic oxidation sites excluding steroid dienone is 1. The highest BCUT2D eigenvalue weighted by Crippen LogP contribution is 2.28. The van der Waals surface area contributed by atoms with E-state index < -0.39 is 0 Å². The molecule has 0 saturated carbocycles. The lowest BCUT2D eigenvalue weighted by atomic mass is 9.83. The van der Waals surface area contributed by atoms with E-state index in [9.17, 15) is 14.4 Å². The minimum Gasteiger partial charge on any atom is -0.389 e. The van der Waals surface area contributed by atoms with E-state index in [-0.39, 0.29) is 24.7 Å². The number of amides is 2. The van der Waals surface area contributed by atoms with E-state index in [1.807, 2.05) is 19.9 Å². The van der Waals surface area contributed by atoms with Crippen LogP contribution in [0.15, 0.2) is 73.5 Å². The molecule has 0 aliphatic carbocycles. The van der Waals surface area contributed by atoms with Gasteiger partial charge in [-0.3, -0.25) is 9.59 Å². The summed E-state index contributed by atoms with van der Waals surface area (Å²) in [5.74, 6) is -0.121. The molecule has 51 heavy (non-hydrogen) atoms. The Balaban J connectivity index is 0.000000761. The number of nitrogens with zero attached hydrogens (tertiary/aromatic N) is 2. The largest absolute Gasteiger partial charge is 0.389 e. The normalized spacial score (nSPS) is 11.8. The topological polar surface area (TPSA) is 81.7 Å². The first-order valence-electron chi connectivity index (χ1n) is 19.0. The highest BCUT2D eigenvalue weighted by atomic mass is 16.2. The van der Waals surface area contributed by atoms with E-state index in [1.165, 1.54) is 46.5 Å². The van der Waals surface area contributed by atoms with Crippen LogP contribution in [0, 0.1) is 5.41 Å². The zero-order valence-corrected chi connectivity index (χ0v) is 33.4. The maximum atomic E-state index is 11.7. The smallest absolute Gasteiger partial charge is 0.222 e. The van der Waals surface area contributed by atoms with Gasteiger partial charge in [0.25, 0.3) is 0 Å². The first-order valence-corrected chi connectivity index (χ1v) is 19.0. The molecule has 2 N–H and O–H groups in total. The van der Waals surface area contributed by atoms with E-state index in [0.29, 0.717) is 24.9 Å². The van der Waals surface area contributed by atoms with Gasteiger partial charge in [0.1, 0.15) is 6.29 Å². The first-order chi connectivity index (χ1) is 24.5. The molecule has 0 unspecified atom stereocenters. The number of fused-ring (bicyclic) bond motifs is 2. The quantitative estimate of drug-likeness (QED) is 0.0919. The van der Waals surface area contributed by atoms with Crippen LogP contribution in [0.1, 0.15) is 122 Å². The summed E-state index contributed by atoms with van der Waals surface area (Å²) < 4.78 is 0. The Hall–Kier alpha value is -4.13. The number of hydrogen-bond donors (Lipinski definition) is 2. The van der Waals surface area contributed by atoms with Crippen molar-refractivity contribution in [2.24, 2.45) is 5.41 Å². The van der Waals surface area contributed by atoms with Crippen LogP contribution in [-0.4, -0.2) is 56.7 Å². The van der Waals surface area contributed by atoms with Crippen molar-refractivity contribution in [3.8, 4) is 0 Å². The van der Waals surface area contributed by atoms with Crippen LogP contribution in [0.3, 0.4) is 0 Å². The van der Waals surface area contributed by atoms with Crippen LogP contribution in [0.5, 0.6) is 0 Å². The number of nitrogens with one attached hydrogen (secondary N) is 2. The predicted octanol–water partition coefficient (Wildman–Crippen LogP) is 9.84. The molecule has 3 rings (SSSR count). The molecule has 2 aromatic carbocycles. The summed E-state index contributed by atoms with van der Waals surface area (Å²) >= 11 is 0. The molecule has 2 amide bonds. The standard InChI is InChI=1S/C17H32N2O3.C16H15N.C9H17N.C2H6/c1-5-10-17(2,3)11-7-12-18-15(21)9-13-19(4)16(22)8-6-14-20;1-17-12-15-8-3-2-6-13(15)10-11-14-7-4-5-9-16(14)17;1-4-6-8-10-9(3)7-5-2;1-2/h14H,5-13H2,1-4H3,(H,18,21);2-11H,12H2,1H3;4,10H,1,3,5-8H2,2H3;1-2H3/b;11-10-;;. The summed E-state index contributed by atoms with van der Waals surface area (Å²) in [7, 11) is 3.81. The summed E-state index contributed by atoms with van der Waals surface area (Å²) in [5, 5.41) is 6.12. The predicted molar refractivity (Wildman–Crippen MR) is 221 cm³/mol. The van der Waals surface area contributed by atoms with Crippen molar-refractivity contribution >= 4 is 35.9 Å².